The van der Waals surface area contributed by atoms with Gasteiger partial charge in [0.1, 0.15) is 0 Å². The van der Waals surface area contributed by atoms with E-state index in [9.17, 15) is 14.4 Å². The molecule has 21 heavy (non-hydrogen) atoms. The first-order chi connectivity index (χ1) is 9.92. The monoisotopic (exact) mass is 296 g/mol. The minimum atomic E-state index is -0.835. The minimum Gasteiger partial charge on any atom is -0.481 e. The van der Waals surface area contributed by atoms with Crippen molar-refractivity contribution in [2.75, 3.05) is 13.1 Å². The van der Waals surface area contributed by atoms with Gasteiger partial charge in [0.15, 0.2) is 0 Å². The SMILES string of the molecule is NC(=O)C1CCCN(C(=O)CC2(CC(=O)O)CCCC2)C1. The second kappa shape index (κ2) is 6.45. The normalized spacial score (nSPS) is 24.8. The second-order valence-electron chi connectivity index (χ2n) is 6.54. The van der Waals surface area contributed by atoms with Crippen LogP contribution in [0.25, 0.3) is 0 Å². The number of hydrogen-bond donors (Lipinski definition) is 2. The van der Waals surface area contributed by atoms with Gasteiger partial charge in [-0.1, -0.05) is 12.8 Å². The molecule has 1 saturated carbocycles. The van der Waals surface area contributed by atoms with Gasteiger partial charge < -0.3 is 15.7 Å². The number of nitrogens with two attached hydrogens (primary N) is 1. The summed E-state index contributed by atoms with van der Waals surface area (Å²) < 4.78 is 0. The van der Waals surface area contributed by atoms with E-state index in [0.717, 1.165) is 38.5 Å². The molecule has 1 aliphatic carbocycles. The van der Waals surface area contributed by atoms with Gasteiger partial charge in [-0.3, -0.25) is 14.4 Å². The van der Waals surface area contributed by atoms with Crippen molar-refractivity contribution in [2.45, 2.75) is 51.4 Å². The molecule has 2 aliphatic rings. The lowest BCUT2D eigenvalue weighted by Crippen LogP contribution is -2.45. The van der Waals surface area contributed by atoms with Gasteiger partial charge in [-0.2, -0.15) is 0 Å². The van der Waals surface area contributed by atoms with Gasteiger partial charge in [0.2, 0.25) is 11.8 Å². The van der Waals surface area contributed by atoms with Crippen molar-refractivity contribution in [3.8, 4) is 0 Å². The average molecular weight is 296 g/mol. The smallest absolute Gasteiger partial charge is 0.303 e. The molecule has 2 fully saturated rings. The molecule has 1 heterocycles. The minimum absolute atomic E-state index is 0.0240. The summed E-state index contributed by atoms with van der Waals surface area (Å²) in [6, 6.07) is 0. The first-order valence-corrected chi connectivity index (χ1v) is 7.71. The van der Waals surface area contributed by atoms with E-state index in [-0.39, 0.29) is 36.0 Å². The molecule has 3 N–H and O–H groups in total. The molecule has 1 unspecified atom stereocenters. The zero-order chi connectivity index (χ0) is 15.5. The average Bonchev–Trinajstić information content (AvgIpc) is 2.86. The molecule has 0 spiro atoms. The summed E-state index contributed by atoms with van der Waals surface area (Å²) in [5.74, 6) is -1.47. The molecule has 0 aromatic heterocycles. The van der Waals surface area contributed by atoms with Gasteiger partial charge in [0, 0.05) is 19.5 Å². The molecule has 1 aliphatic heterocycles. The van der Waals surface area contributed by atoms with Crippen LogP contribution < -0.4 is 5.73 Å². The highest BCUT2D eigenvalue weighted by Gasteiger charge is 2.39. The molecule has 6 heteroatoms. The third-order valence-corrected chi connectivity index (χ3v) is 4.89. The Balaban J connectivity index is 1.98. The van der Waals surface area contributed by atoms with Crippen molar-refractivity contribution < 1.29 is 19.5 Å². The number of carboxylic acids is 1. The van der Waals surface area contributed by atoms with Gasteiger partial charge in [0.25, 0.3) is 0 Å². The van der Waals surface area contributed by atoms with Crippen LogP contribution in [0.5, 0.6) is 0 Å². The molecule has 6 nitrogen and oxygen atoms in total. The standard InChI is InChI=1S/C15H24N2O4/c16-14(21)11-4-3-7-17(10-11)12(18)8-15(9-13(19)20)5-1-2-6-15/h11H,1-10H2,(H2,16,21)(H,19,20). The van der Waals surface area contributed by atoms with Crippen molar-refractivity contribution in [1.82, 2.24) is 4.90 Å². The number of primary amides is 1. The maximum Gasteiger partial charge on any atom is 0.303 e. The Labute approximate surface area is 124 Å². The first kappa shape index (κ1) is 15.8. The number of rotatable bonds is 5. The Kier molecular flexibility index (Phi) is 4.85. The molecule has 0 radical (unpaired) electrons. The molecule has 0 aromatic rings. The molecule has 2 amide bonds. The largest absolute Gasteiger partial charge is 0.481 e. The lowest BCUT2D eigenvalue weighted by Gasteiger charge is -2.34. The zero-order valence-electron chi connectivity index (χ0n) is 12.3. The summed E-state index contributed by atoms with van der Waals surface area (Å²) in [6.07, 6.45) is 5.45. The fourth-order valence-electron chi connectivity index (χ4n) is 3.73. The van der Waals surface area contributed by atoms with Crippen LogP contribution in [0.15, 0.2) is 0 Å². The summed E-state index contributed by atoms with van der Waals surface area (Å²) >= 11 is 0. The predicted octanol–water partition coefficient (Wildman–Crippen LogP) is 1.14. The second-order valence-corrected chi connectivity index (χ2v) is 6.54. The van der Waals surface area contributed by atoms with Gasteiger partial charge in [-0.15, -0.1) is 0 Å². The van der Waals surface area contributed by atoms with E-state index in [2.05, 4.69) is 0 Å². The van der Waals surface area contributed by atoms with Crippen LogP contribution in [0, 0.1) is 11.3 Å². The summed E-state index contributed by atoms with van der Waals surface area (Å²) in [5.41, 5.74) is 4.94. The van der Waals surface area contributed by atoms with E-state index < -0.39 is 5.97 Å². The molecule has 1 saturated heterocycles. The number of likely N-dealkylation sites (tertiary alicyclic amines) is 1. The van der Waals surface area contributed by atoms with Crippen molar-refractivity contribution in [3.05, 3.63) is 0 Å². The number of hydrogen-bond acceptors (Lipinski definition) is 3. The highest BCUT2D eigenvalue weighted by Crippen LogP contribution is 2.44. The molecular weight excluding hydrogens is 272 g/mol. The predicted molar refractivity (Wildman–Crippen MR) is 76.3 cm³/mol. The van der Waals surface area contributed by atoms with E-state index in [0.29, 0.717) is 13.1 Å². The van der Waals surface area contributed by atoms with E-state index >= 15 is 0 Å². The van der Waals surface area contributed by atoms with Crippen LogP contribution in [0.2, 0.25) is 0 Å². The molecule has 2 rings (SSSR count). The van der Waals surface area contributed by atoms with Crippen LogP contribution in [0.4, 0.5) is 0 Å². The van der Waals surface area contributed by atoms with E-state index in [1.807, 2.05) is 0 Å². The molecule has 1 atom stereocenters. The summed E-state index contributed by atoms with van der Waals surface area (Å²) in [4.78, 5) is 36.5. The first-order valence-electron chi connectivity index (χ1n) is 7.71. The van der Waals surface area contributed by atoms with Crippen LogP contribution in [0.1, 0.15) is 51.4 Å². The Hall–Kier alpha value is -1.59. The fourth-order valence-corrected chi connectivity index (χ4v) is 3.73. The van der Waals surface area contributed by atoms with E-state index in [4.69, 9.17) is 10.8 Å². The van der Waals surface area contributed by atoms with Crippen LogP contribution in [-0.4, -0.2) is 40.9 Å². The summed E-state index contributed by atoms with van der Waals surface area (Å²) in [5, 5.41) is 9.09. The van der Waals surface area contributed by atoms with Crippen LogP contribution >= 0.6 is 0 Å². The highest BCUT2D eigenvalue weighted by molar-refractivity contribution is 5.81. The Morgan fingerprint density at radius 3 is 2.38 bits per heavy atom. The molecule has 0 aromatic carbocycles. The summed E-state index contributed by atoms with van der Waals surface area (Å²) in [6.45, 7) is 1.03. The number of carboxylic acid groups (broad SMARTS) is 1. The maximum atomic E-state index is 12.5. The quantitative estimate of drug-likeness (QED) is 0.794. The third kappa shape index (κ3) is 3.95. The fraction of sp³-hybridized carbons (Fsp3) is 0.800. The van der Waals surface area contributed by atoms with E-state index in [1.165, 1.54) is 0 Å². The third-order valence-electron chi connectivity index (χ3n) is 4.89. The van der Waals surface area contributed by atoms with E-state index in [1.54, 1.807) is 4.90 Å². The van der Waals surface area contributed by atoms with Gasteiger partial charge in [-0.05, 0) is 31.1 Å². The van der Waals surface area contributed by atoms with Gasteiger partial charge in [0.05, 0.1) is 12.3 Å². The van der Waals surface area contributed by atoms with Crippen molar-refractivity contribution >= 4 is 17.8 Å². The number of amides is 2. The zero-order valence-corrected chi connectivity index (χ0v) is 12.3. The Bertz CT molecular complexity index is 429. The topological polar surface area (TPSA) is 101 Å². The Morgan fingerprint density at radius 1 is 1.14 bits per heavy atom. The maximum absolute atomic E-state index is 12.5. The number of aliphatic carboxylic acids is 1. The number of piperidine rings is 1. The lowest BCUT2D eigenvalue weighted by atomic mass is 9.79. The van der Waals surface area contributed by atoms with Gasteiger partial charge >= 0.3 is 5.97 Å². The van der Waals surface area contributed by atoms with Crippen LogP contribution in [-0.2, 0) is 14.4 Å². The summed E-state index contributed by atoms with van der Waals surface area (Å²) in [7, 11) is 0. The number of carbonyl (C=O) groups excluding carboxylic acids is 2. The van der Waals surface area contributed by atoms with Crippen molar-refractivity contribution in [2.24, 2.45) is 17.1 Å². The number of carbonyl (C=O) groups is 3. The lowest BCUT2D eigenvalue weighted by molar-refractivity contribution is -0.142. The Morgan fingerprint density at radius 2 is 1.81 bits per heavy atom. The molecular formula is C15H24N2O4. The van der Waals surface area contributed by atoms with Crippen molar-refractivity contribution in [1.29, 1.82) is 0 Å². The van der Waals surface area contributed by atoms with Crippen LogP contribution in [0.3, 0.4) is 0 Å². The molecule has 0 bridgehead atoms. The van der Waals surface area contributed by atoms with Crippen molar-refractivity contribution in [3.63, 3.8) is 0 Å². The molecule has 118 valence electrons. The van der Waals surface area contributed by atoms with Gasteiger partial charge in [-0.25, -0.2) is 0 Å². The number of nitrogens with zero attached hydrogens (tertiary/aromatic N) is 1. The highest BCUT2D eigenvalue weighted by atomic mass is 16.4.